The van der Waals surface area contributed by atoms with Crippen molar-refractivity contribution in [2.75, 3.05) is 24.3 Å². The minimum atomic E-state index is -0.492. The molecule has 4 nitrogen and oxygen atoms in total. The quantitative estimate of drug-likeness (QED) is 0.775. The number of nitrogens with two attached hydrogens (primary N) is 1. The van der Waals surface area contributed by atoms with Gasteiger partial charge in [-0.25, -0.2) is 4.39 Å². The summed E-state index contributed by atoms with van der Waals surface area (Å²) in [4.78, 5) is 12.9. The maximum absolute atomic E-state index is 13.7. The molecule has 2 N–H and O–H groups in total. The van der Waals surface area contributed by atoms with Crippen LogP contribution in [-0.4, -0.2) is 19.6 Å². The van der Waals surface area contributed by atoms with Crippen molar-refractivity contribution in [3.05, 3.63) is 17.9 Å². The first-order chi connectivity index (χ1) is 7.63. The monoisotopic (exact) mass is 224 g/mol. The first-order valence-corrected chi connectivity index (χ1v) is 5.07. The Bertz CT molecular complexity index is 434. The van der Waals surface area contributed by atoms with E-state index in [-0.39, 0.29) is 17.3 Å². The molecule has 2 rings (SSSR count). The Kier molecular flexibility index (Phi) is 2.68. The van der Waals surface area contributed by atoms with Crippen molar-refractivity contribution >= 4 is 17.3 Å². The molecule has 1 amide bonds. The van der Waals surface area contributed by atoms with Gasteiger partial charge in [-0.05, 0) is 6.42 Å². The Balaban J connectivity index is 2.43. The Labute approximate surface area is 92.8 Å². The number of hydrogen-bond acceptors (Lipinski definition) is 3. The van der Waals surface area contributed by atoms with Crippen LogP contribution >= 0.6 is 0 Å². The van der Waals surface area contributed by atoms with Crippen molar-refractivity contribution < 1.29 is 13.9 Å². The molecule has 1 heterocycles. The highest BCUT2D eigenvalue weighted by Crippen LogP contribution is 2.32. The number of carbonyl (C=O) groups is 1. The number of carbonyl (C=O) groups excluding carboxylic acids is 1. The van der Waals surface area contributed by atoms with Crippen molar-refractivity contribution in [3.8, 4) is 5.75 Å². The van der Waals surface area contributed by atoms with Gasteiger partial charge >= 0.3 is 0 Å². The lowest BCUT2D eigenvalue weighted by Gasteiger charge is -2.18. The highest BCUT2D eigenvalue weighted by Gasteiger charge is 2.25. The fourth-order valence-electron chi connectivity index (χ4n) is 1.84. The van der Waals surface area contributed by atoms with Gasteiger partial charge < -0.3 is 15.4 Å². The lowest BCUT2D eigenvalue weighted by molar-refractivity contribution is -0.117. The average molecular weight is 224 g/mol. The van der Waals surface area contributed by atoms with E-state index in [0.29, 0.717) is 18.7 Å². The predicted octanol–water partition coefficient (Wildman–Crippen LogP) is 1.54. The maximum Gasteiger partial charge on any atom is 0.227 e. The van der Waals surface area contributed by atoms with Gasteiger partial charge in [0.2, 0.25) is 5.91 Å². The summed E-state index contributed by atoms with van der Waals surface area (Å²) < 4.78 is 18.7. The number of rotatable bonds is 2. The van der Waals surface area contributed by atoms with Crippen LogP contribution in [0.15, 0.2) is 12.1 Å². The maximum atomic E-state index is 13.7. The molecule has 16 heavy (non-hydrogen) atoms. The summed E-state index contributed by atoms with van der Waals surface area (Å²) >= 11 is 0. The topological polar surface area (TPSA) is 55.6 Å². The van der Waals surface area contributed by atoms with E-state index in [1.54, 1.807) is 0 Å². The van der Waals surface area contributed by atoms with Crippen LogP contribution in [0.2, 0.25) is 0 Å². The van der Waals surface area contributed by atoms with Crippen molar-refractivity contribution in [1.29, 1.82) is 0 Å². The van der Waals surface area contributed by atoms with E-state index < -0.39 is 5.82 Å². The van der Waals surface area contributed by atoms with Gasteiger partial charge in [0.1, 0.15) is 11.6 Å². The fourth-order valence-corrected chi connectivity index (χ4v) is 1.84. The average Bonchev–Trinajstić information content (AvgIpc) is 2.65. The van der Waals surface area contributed by atoms with Gasteiger partial charge in [0, 0.05) is 25.1 Å². The zero-order chi connectivity index (χ0) is 11.7. The van der Waals surface area contributed by atoms with Gasteiger partial charge in [-0.1, -0.05) is 0 Å². The molecule has 5 heteroatoms. The molecule has 1 aromatic rings. The molecule has 1 fully saturated rings. The number of anilines is 2. The number of benzene rings is 1. The van der Waals surface area contributed by atoms with E-state index in [9.17, 15) is 9.18 Å². The van der Waals surface area contributed by atoms with Crippen molar-refractivity contribution in [1.82, 2.24) is 0 Å². The van der Waals surface area contributed by atoms with E-state index >= 15 is 0 Å². The van der Waals surface area contributed by atoms with Crippen molar-refractivity contribution in [3.63, 3.8) is 0 Å². The molecular weight excluding hydrogens is 211 g/mol. The molecule has 0 aliphatic carbocycles. The second-order valence-electron chi connectivity index (χ2n) is 3.69. The van der Waals surface area contributed by atoms with Crippen LogP contribution in [0.3, 0.4) is 0 Å². The van der Waals surface area contributed by atoms with Gasteiger partial charge in [-0.3, -0.25) is 4.79 Å². The number of hydrogen-bond donors (Lipinski definition) is 1. The Morgan fingerprint density at radius 1 is 1.50 bits per heavy atom. The number of nitrogen functional groups attached to an aromatic ring is 1. The number of methoxy groups -OCH3 is 1. The Morgan fingerprint density at radius 2 is 2.25 bits per heavy atom. The first-order valence-electron chi connectivity index (χ1n) is 5.07. The van der Waals surface area contributed by atoms with E-state index in [0.717, 1.165) is 6.42 Å². The van der Waals surface area contributed by atoms with E-state index in [2.05, 4.69) is 0 Å². The smallest absolute Gasteiger partial charge is 0.227 e. The van der Waals surface area contributed by atoms with Gasteiger partial charge in [0.05, 0.1) is 18.5 Å². The third kappa shape index (κ3) is 1.68. The number of nitrogens with zero attached hydrogens (tertiary/aromatic N) is 1. The molecule has 0 spiro atoms. The normalized spacial score (nSPS) is 15.6. The first kappa shape index (κ1) is 10.7. The zero-order valence-electron chi connectivity index (χ0n) is 9.00. The summed E-state index contributed by atoms with van der Waals surface area (Å²) in [6, 6.07) is 2.65. The molecule has 86 valence electrons. The summed E-state index contributed by atoms with van der Waals surface area (Å²) in [7, 11) is 1.46. The Morgan fingerprint density at radius 3 is 2.81 bits per heavy atom. The standard InChI is InChI=1S/C11H13FN2O2/c1-16-10-6-9(7(12)5-8(10)13)14-4-2-3-11(14)15/h5-6H,2-4,13H2,1H3. The van der Waals surface area contributed by atoms with Crippen LogP contribution in [0.1, 0.15) is 12.8 Å². The van der Waals surface area contributed by atoms with Gasteiger partial charge in [-0.15, -0.1) is 0 Å². The van der Waals surface area contributed by atoms with Crippen LogP contribution in [0.25, 0.3) is 0 Å². The number of amides is 1. The molecule has 1 saturated heterocycles. The zero-order valence-corrected chi connectivity index (χ0v) is 9.00. The van der Waals surface area contributed by atoms with Gasteiger partial charge in [-0.2, -0.15) is 0 Å². The Hall–Kier alpha value is -1.78. The molecule has 1 aliphatic rings. The third-order valence-corrected chi connectivity index (χ3v) is 2.66. The lowest BCUT2D eigenvalue weighted by atomic mass is 10.2. The summed E-state index contributed by atoms with van der Waals surface area (Å²) in [6.45, 7) is 0.544. The molecule has 0 bridgehead atoms. The van der Waals surface area contributed by atoms with Crippen LogP contribution in [0.5, 0.6) is 5.75 Å². The lowest BCUT2D eigenvalue weighted by Crippen LogP contribution is -2.24. The van der Waals surface area contributed by atoms with E-state index in [1.165, 1.54) is 24.1 Å². The highest BCUT2D eigenvalue weighted by atomic mass is 19.1. The van der Waals surface area contributed by atoms with Crippen LogP contribution in [-0.2, 0) is 4.79 Å². The SMILES string of the molecule is COc1cc(N2CCCC2=O)c(F)cc1N. The summed E-state index contributed by atoms with van der Waals surface area (Å²) in [5, 5.41) is 0. The predicted molar refractivity (Wildman–Crippen MR) is 59.0 cm³/mol. The molecular formula is C11H13FN2O2. The number of ether oxygens (including phenoxy) is 1. The number of halogens is 1. The minimum absolute atomic E-state index is 0.0641. The molecule has 0 atom stereocenters. The van der Waals surface area contributed by atoms with Gasteiger partial charge in [0.15, 0.2) is 0 Å². The summed E-state index contributed by atoms with van der Waals surface area (Å²) in [5.41, 5.74) is 6.04. The molecule has 1 aliphatic heterocycles. The minimum Gasteiger partial charge on any atom is -0.495 e. The highest BCUT2D eigenvalue weighted by molar-refractivity contribution is 5.96. The summed E-state index contributed by atoms with van der Waals surface area (Å²) in [6.07, 6.45) is 1.22. The van der Waals surface area contributed by atoms with Crippen LogP contribution < -0.4 is 15.4 Å². The van der Waals surface area contributed by atoms with E-state index in [1.807, 2.05) is 0 Å². The van der Waals surface area contributed by atoms with Crippen LogP contribution in [0, 0.1) is 5.82 Å². The molecule has 0 aromatic heterocycles. The largest absolute Gasteiger partial charge is 0.495 e. The molecule has 0 saturated carbocycles. The second-order valence-corrected chi connectivity index (χ2v) is 3.69. The summed E-state index contributed by atoms with van der Waals surface area (Å²) in [5.74, 6) is -0.171. The molecule has 1 aromatic carbocycles. The second kappa shape index (κ2) is 4.00. The molecule has 0 unspecified atom stereocenters. The van der Waals surface area contributed by atoms with Crippen molar-refractivity contribution in [2.24, 2.45) is 0 Å². The van der Waals surface area contributed by atoms with Crippen LogP contribution in [0.4, 0.5) is 15.8 Å². The van der Waals surface area contributed by atoms with Gasteiger partial charge in [0.25, 0.3) is 0 Å². The third-order valence-electron chi connectivity index (χ3n) is 2.66. The fraction of sp³-hybridized carbons (Fsp3) is 0.364. The molecule has 0 radical (unpaired) electrons. The van der Waals surface area contributed by atoms with Crippen molar-refractivity contribution in [2.45, 2.75) is 12.8 Å². The van der Waals surface area contributed by atoms with E-state index in [4.69, 9.17) is 10.5 Å².